The first kappa shape index (κ1) is 45.5. The predicted octanol–water partition coefficient (Wildman–Crippen LogP) is 6.14. The molecule has 0 aliphatic heterocycles. The number of H-pyrrole nitrogens is 1. The number of nitrogens with one attached hydrogen (secondary N) is 2. The van der Waals surface area contributed by atoms with Crippen molar-refractivity contribution in [2.75, 3.05) is 64.1 Å². The minimum Gasteiger partial charge on any atom is -0.490 e. The van der Waals surface area contributed by atoms with E-state index in [9.17, 15) is 27.6 Å². The third-order valence-corrected chi connectivity index (χ3v) is 10.1. The second-order valence-electron chi connectivity index (χ2n) is 13.1. The second-order valence-corrected chi connectivity index (χ2v) is 14.8. The summed E-state index contributed by atoms with van der Waals surface area (Å²) in [5.74, 6) is -1.02. The summed E-state index contributed by atoms with van der Waals surface area (Å²) in [6.45, 7) is 7.21. The molecule has 0 radical (unpaired) electrons. The molecule has 2 N–H and O–H groups in total. The number of carbonyl (C=O) groups is 4. The van der Waals surface area contributed by atoms with Gasteiger partial charge in [-0.1, -0.05) is 30.3 Å². The summed E-state index contributed by atoms with van der Waals surface area (Å²) in [5, 5.41) is 0.833. The number of ether oxygens (including phenoxy) is 7. The molecule has 5 rings (SSSR count). The number of fused-ring (bicyclic) bond motifs is 1. The van der Waals surface area contributed by atoms with E-state index >= 15 is 0 Å². The van der Waals surface area contributed by atoms with Crippen LogP contribution in [0.1, 0.15) is 43.6 Å². The van der Waals surface area contributed by atoms with Crippen LogP contribution in [-0.2, 0) is 49.9 Å². The molecule has 16 nitrogen and oxygen atoms in total. The number of esters is 4. The second kappa shape index (κ2) is 22.1. The zero-order chi connectivity index (χ0) is 43.8. The summed E-state index contributed by atoms with van der Waals surface area (Å²) in [5.41, 5.74) is 3.24. The van der Waals surface area contributed by atoms with Crippen molar-refractivity contribution in [3.8, 4) is 28.5 Å². The van der Waals surface area contributed by atoms with Crippen molar-refractivity contribution in [1.82, 2.24) is 9.88 Å². The highest BCUT2D eigenvalue weighted by Crippen LogP contribution is 2.34. The standard InChI is InChI=1S/C44H49N3O13S/c1-5-54-41(48)27-47(28-42(49)55-6-2)26-33-11-9-10-12-39(33)58-21-22-59-40-25-31(37-23-30-13-14-32(24-38(30)45-37)44(51)57-8-4)15-20-36(40)46-61(52,53)35-18-16-34(17-19-35)60-29-43(50)56-7-3/h9-20,23-25,45-46H,5-8,21-22,26-29H2,1-4H3. The quantitative estimate of drug-likeness (QED) is 0.0431. The Balaban J connectivity index is 1.36. The Morgan fingerprint density at radius 3 is 1.97 bits per heavy atom. The third-order valence-electron chi connectivity index (χ3n) is 8.75. The SMILES string of the molecule is CCOC(=O)COc1ccc(S(=O)(=O)Nc2ccc(-c3cc4ccc(C(=O)OCC)cc4[nH]3)cc2OCCOc2ccccc2CN(CC(=O)OCC)CC(=O)OCC)cc1. The van der Waals surface area contributed by atoms with Gasteiger partial charge in [0, 0.05) is 34.3 Å². The fraction of sp³-hybridized carbons (Fsp3) is 0.318. The molecule has 0 atom stereocenters. The molecule has 0 saturated heterocycles. The molecule has 1 heterocycles. The van der Waals surface area contributed by atoms with Crippen LogP contribution in [0.15, 0.2) is 95.9 Å². The lowest BCUT2D eigenvalue weighted by Crippen LogP contribution is -2.35. The Hall–Kier alpha value is -6.59. The number of rotatable bonds is 23. The molecule has 0 fully saturated rings. The smallest absolute Gasteiger partial charge is 0.344 e. The van der Waals surface area contributed by atoms with Gasteiger partial charge in [-0.25, -0.2) is 18.0 Å². The molecule has 0 saturated carbocycles. The van der Waals surface area contributed by atoms with E-state index in [-0.39, 0.29) is 88.0 Å². The largest absolute Gasteiger partial charge is 0.490 e. The van der Waals surface area contributed by atoms with Crippen LogP contribution >= 0.6 is 0 Å². The van der Waals surface area contributed by atoms with Crippen molar-refractivity contribution in [2.45, 2.75) is 39.1 Å². The van der Waals surface area contributed by atoms with Crippen LogP contribution in [0.25, 0.3) is 22.2 Å². The van der Waals surface area contributed by atoms with E-state index in [4.69, 9.17) is 33.2 Å². The molecule has 324 valence electrons. The van der Waals surface area contributed by atoms with Gasteiger partial charge >= 0.3 is 23.9 Å². The zero-order valence-corrected chi connectivity index (χ0v) is 35.2. The van der Waals surface area contributed by atoms with Crippen molar-refractivity contribution in [3.63, 3.8) is 0 Å². The van der Waals surface area contributed by atoms with Crippen LogP contribution in [0.4, 0.5) is 5.69 Å². The van der Waals surface area contributed by atoms with Gasteiger partial charge in [-0.3, -0.25) is 19.2 Å². The van der Waals surface area contributed by atoms with Crippen molar-refractivity contribution >= 4 is 50.5 Å². The molecular weight excluding hydrogens is 811 g/mol. The molecular formula is C44H49N3O13S. The maximum Gasteiger partial charge on any atom is 0.344 e. The Kier molecular flexibility index (Phi) is 16.5. The maximum absolute atomic E-state index is 13.7. The molecule has 0 aliphatic carbocycles. The van der Waals surface area contributed by atoms with E-state index in [1.807, 2.05) is 12.1 Å². The summed E-state index contributed by atoms with van der Waals surface area (Å²) in [6.07, 6.45) is 0. The van der Waals surface area contributed by atoms with Gasteiger partial charge in [-0.2, -0.15) is 0 Å². The molecule has 61 heavy (non-hydrogen) atoms. The Bertz CT molecular complexity index is 2380. The van der Waals surface area contributed by atoms with Gasteiger partial charge in [0.1, 0.15) is 30.5 Å². The number of aromatic amines is 1. The van der Waals surface area contributed by atoms with Gasteiger partial charge < -0.3 is 38.1 Å². The summed E-state index contributed by atoms with van der Waals surface area (Å²) < 4.78 is 67.9. The first-order valence-electron chi connectivity index (χ1n) is 19.7. The van der Waals surface area contributed by atoms with Crippen molar-refractivity contribution in [1.29, 1.82) is 0 Å². The topological polar surface area (TPSA) is 198 Å². The van der Waals surface area contributed by atoms with Gasteiger partial charge in [0.15, 0.2) is 6.61 Å². The van der Waals surface area contributed by atoms with E-state index in [1.54, 1.807) is 87.2 Å². The van der Waals surface area contributed by atoms with Crippen LogP contribution in [0.3, 0.4) is 0 Å². The normalized spacial score (nSPS) is 11.2. The lowest BCUT2D eigenvalue weighted by atomic mass is 10.1. The van der Waals surface area contributed by atoms with Crippen molar-refractivity contribution in [3.05, 3.63) is 102 Å². The third kappa shape index (κ3) is 13.2. The van der Waals surface area contributed by atoms with Gasteiger partial charge in [-0.05, 0) is 88.4 Å². The molecule has 0 amide bonds. The van der Waals surface area contributed by atoms with Crippen LogP contribution in [0, 0.1) is 0 Å². The van der Waals surface area contributed by atoms with E-state index < -0.39 is 33.9 Å². The predicted molar refractivity (Wildman–Crippen MR) is 225 cm³/mol. The molecule has 0 unspecified atom stereocenters. The summed E-state index contributed by atoms with van der Waals surface area (Å²) in [4.78, 5) is 53.6. The van der Waals surface area contributed by atoms with Gasteiger partial charge in [-0.15, -0.1) is 0 Å². The lowest BCUT2D eigenvalue weighted by molar-refractivity contribution is -0.148. The minimum absolute atomic E-state index is 0.0238. The summed E-state index contributed by atoms with van der Waals surface area (Å²) >= 11 is 0. The van der Waals surface area contributed by atoms with E-state index in [2.05, 4.69) is 9.71 Å². The number of nitrogens with zero attached hydrogens (tertiary/aromatic N) is 1. The highest BCUT2D eigenvalue weighted by atomic mass is 32.2. The van der Waals surface area contributed by atoms with E-state index in [1.165, 1.54) is 24.3 Å². The van der Waals surface area contributed by atoms with Crippen LogP contribution in [-0.4, -0.2) is 102 Å². The van der Waals surface area contributed by atoms with Gasteiger partial charge in [0.2, 0.25) is 0 Å². The van der Waals surface area contributed by atoms with Crippen molar-refractivity contribution < 1.29 is 60.8 Å². The monoisotopic (exact) mass is 859 g/mol. The highest BCUT2D eigenvalue weighted by Gasteiger charge is 2.21. The van der Waals surface area contributed by atoms with Gasteiger partial charge in [0.25, 0.3) is 10.0 Å². The summed E-state index contributed by atoms with van der Waals surface area (Å²) in [7, 11) is -4.15. The average Bonchev–Trinajstić information content (AvgIpc) is 3.67. The number of hydrogen-bond donors (Lipinski definition) is 2. The first-order chi connectivity index (χ1) is 29.4. The Morgan fingerprint density at radius 1 is 0.656 bits per heavy atom. The number of benzene rings is 4. The van der Waals surface area contributed by atoms with Crippen LogP contribution in [0.2, 0.25) is 0 Å². The molecule has 0 aliphatic rings. The molecule has 0 spiro atoms. The number of sulfonamides is 1. The van der Waals surface area contributed by atoms with Crippen LogP contribution < -0.4 is 18.9 Å². The minimum atomic E-state index is -4.15. The fourth-order valence-electron chi connectivity index (χ4n) is 6.05. The molecule has 1 aromatic heterocycles. The lowest BCUT2D eigenvalue weighted by Gasteiger charge is -2.22. The van der Waals surface area contributed by atoms with Gasteiger partial charge in [0.05, 0.1) is 55.7 Å². The summed E-state index contributed by atoms with van der Waals surface area (Å²) in [6, 6.07) is 24.8. The molecule has 0 bridgehead atoms. The Labute approximate surface area is 354 Å². The molecule has 17 heteroatoms. The first-order valence-corrected chi connectivity index (χ1v) is 21.1. The zero-order valence-electron chi connectivity index (χ0n) is 34.4. The molecule has 4 aromatic carbocycles. The number of hydrogen-bond acceptors (Lipinski definition) is 14. The van der Waals surface area contributed by atoms with E-state index in [0.29, 0.717) is 33.7 Å². The number of carbonyl (C=O) groups excluding carboxylic acids is 4. The fourth-order valence-corrected chi connectivity index (χ4v) is 7.12. The highest BCUT2D eigenvalue weighted by molar-refractivity contribution is 7.92. The molecule has 5 aromatic rings. The maximum atomic E-state index is 13.7. The number of para-hydroxylation sites is 1. The van der Waals surface area contributed by atoms with E-state index in [0.717, 1.165) is 5.39 Å². The Morgan fingerprint density at radius 2 is 1.30 bits per heavy atom. The average molecular weight is 860 g/mol. The number of anilines is 1. The number of aromatic nitrogens is 1. The van der Waals surface area contributed by atoms with Crippen molar-refractivity contribution in [2.24, 2.45) is 0 Å². The van der Waals surface area contributed by atoms with Crippen LogP contribution in [0.5, 0.6) is 17.2 Å².